The highest BCUT2D eigenvalue weighted by Crippen LogP contribution is 2.11. The van der Waals surface area contributed by atoms with Crippen molar-refractivity contribution in [1.29, 1.82) is 0 Å². The number of unbranched alkanes of at least 4 members (excludes halogenated alkanes) is 13. The van der Waals surface area contributed by atoms with Crippen LogP contribution in [-0.4, -0.2) is 22.5 Å². The summed E-state index contributed by atoms with van der Waals surface area (Å²) in [6, 6.07) is 0. The minimum atomic E-state index is -0.685. The molecule has 1 N–H and O–H groups in total. The predicted octanol–water partition coefficient (Wildman–Crippen LogP) is 6.15. The van der Waals surface area contributed by atoms with Gasteiger partial charge in [-0.05, 0) is 38.5 Å². The Hall–Kier alpha value is -1.39. The van der Waals surface area contributed by atoms with E-state index in [0.29, 0.717) is 6.42 Å². The summed E-state index contributed by atoms with van der Waals surface area (Å²) in [6.45, 7) is 0.122. The molecular weight excluding hydrogens is 318 g/mol. The van der Waals surface area contributed by atoms with Crippen LogP contribution in [-0.2, 0) is 4.79 Å². The van der Waals surface area contributed by atoms with Gasteiger partial charge in [0.1, 0.15) is 0 Å². The van der Waals surface area contributed by atoms with E-state index < -0.39 is 5.97 Å². The van der Waals surface area contributed by atoms with Crippen LogP contribution in [0.2, 0.25) is 0 Å². The third-order valence-corrected chi connectivity index (χ3v) is 4.39. The minimum Gasteiger partial charge on any atom is -0.481 e. The zero-order valence-corrected chi connectivity index (χ0v) is 15.8. The number of aliphatic carboxylic acids is 1. The molecule has 146 valence electrons. The first-order valence-corrected chi connectivity index (χ1v) is 10.1. The highest BCUT2D eigenvalue weighted by atomic mass is 16.6. The number of carboxylic acids is 1. The highest BCUT2D eigenvalue weighted by molar-refractivity contribution is 5.66. The molecule has 0 saturated carbocycles. The molecule has 0 unspecified atom stereocenters. The molecule has 0 bridgehead atoms. The van der Waals surface area contributed by atoms with Gasteiger partial charge in [0, 0.05) is 17.8 Å². The van der Waals surface area contributed by atoms with E-state index in [9.17, 15) is 14.9 Å². The second kappa shape index (κ2) is 18.9. The van der Waals surface area contributed by atoms with E-state index in [1.807, 2.05) is 0 Å². The number of carboxylic acid groups (broad SMARTS) is 1. The van der Waals surface area contributed by atoms with Crippen LogP contribution in [0.25, 0.3) is 0 Å². The number of nitrogens with zero attached hydrogens (tertiary/aromatic N) is 1. The van der Waals surface area contributed by atoms with Crippen molar-refractivity contribution in [2.75, 3.05) is 6.54 Å². The number of carbonyl (C=O) groups is 1. The van der Waals surface area contributed by atoms with E-state index >= 15 is 0 Å². The molecule has 5 nitrogen and oxygen atoms in total. The largest absolute Gasteiger partial charge is 0.481 e. The average Bonchev–Trinajstić information content (AvgIpc) is 2.56. The van der Waals surface area contributed by atoms with Gasteiger partial charge in [-0.25, -0.2) is 0 Å². The van der Waals surface area contributed by atoms with Gasteiger partial charge in [0.2, 0.25) is 6.54 Å². The quantitative estimate of drug-likeness (QED) is 0.130. The average molecular weight is 356 g/mol. The van der Waals surface area contributed by atoms with Crippen molar-refractivity contribution in [3.8, 4) is 0 Å². The lowest BCUT2D eigenvalue weighted by atomic mass is 10.1. The van der Waals surface area contributed by atoms with Crippen LogP contribution in [0.5, 0.6) is 0 Å². The van der Waals surface area contributed by atoms with Gasteiger partial charge in [0.15, 0.2) is 0 Å². The van der Waals surface area contributed by atoms with E-state index in [2.05, 4.69) is 12.2 Å². The van der Waals surface area contributed by atoms with E-state index in [1.165, 1.54) is 51.4 Å². The third-order valence-electron chi connectivity index (χ3n) is 4.39. The smallest absolute Gasteiger partial charge is 0.303 e. The van der Waals surface area contributed by atoms with Crippen molar-refractivity contribution < 1.29 is 14.8 Å². The van der Waals surface area contributed by atoms with Crippen LogP contribution in [0, 0.1) is 10.1 Å². The molecule has 0 radical (unpaired) electrons. The molecule has 5 heteroatoms. The molecule has 0 amide bonds. The van der Waals surface area contributed by atoms with Crippen LogP contribution >= 0.6 is 0 Å². The molecule has 0 fully saturated rings. The second-order valence-electron chi connectivity index (χ2n) is 6.85. The van der Waals surface area contributed by atoms with Crippen molar-refractivity contribution in [3.63, 3.8) is 0 Å². The van der Waals surface area contributed by atoms with Crippen LogP contribution in [0.1, 0.15) is 103 Å². The summed E-state index contributed by atoms with van der Waals surface area (Å²) >= 11 is 0. The monoisotopic (exact) mass is 355 g/mol. The zero-order chi connectivity index (χ0) is 18.6. The van der Waals surface area contributed by atoms with Crippen LogP contribution in [0.15, 0.2) is 12.2 Å². The standard InChI is InChI=1S/C20H37NO4/c22-20(23)18-16-14-12-10-8-6-4-2-1-3-5-7-9-11-13-15-17-19-21(24)25/h2,4H,1,3,5-19H2,(H,22,23)/b4-2+. The number of rotatable bonds is 19. The summed E-state index contributed by atoms with van der Waals surface area (Å²) < 4.78 is 0. The molecule has 0 aliphatic heterocycles. The van der Waals surface area contributed by atoms with Crippen molar-refractivity contribution in [2.45, 2.75) is 103 Å². The molecule has 0 aliphatic rings. The molecule has 0 aromatic heterocycles. The van der Waals surface area contributed by atoms with E-state index in [4.69, 9.17) is 5.11 Å². The Labute approximate surface area is 153 Å². The summed E-state index contributed by atoms with van der Waals surface area (Å²) in [5, 5.41) is 18.7. The first-order chi connectivity index (χ1) is 12.1. The summed E-state index contributed by atoms with van der Waals surface area (Å²) in [5.74, 6) is -0.685. The van der Waals surface area contributed by atoms with Crippen molar-refractivity contribution >= 4 is 5.97 Å². The topological polar surface area (TPSA) is 80.4 Å². The number of allylic oxidation sites excluding steroid dienone is 2. The molecule has 0 aromatic carbocycles. The maximum Gasteiger partial charge on any atom is 0.303 e. The van der Waals surface area contributed by atoms with Gasteiger partial charge in [-0.2, -0.15) is 0 Å². The molecular formula is C20H37NO4. The Bertz CT molecular complexity index is 356. The molecule has 0 saturated heterocycles. The van der Waals surface area contributed by atoms with Gasteiger partial charge >= 0.3 is 5.97 Å². The molecule has 25 heavy (non-hydrogen) atoms. The summed E-state index contributed by atoms with van der Waals surface area (Å²) in [5.41, 5.74) is 0. The van der Waals surface area contributed by atoms with E-state index in [0.717, 1.165) is 44.9 Å². The Morgan fingerprint density at radius 3 is 1.56 bits per heavy atom. The summed E-state index contributed by atoms with van der Waals surface area (Å²) in [7, 11) is 0. The molecule has 0 heterocycles. The number of nitro groups is 1. The Morgan fingerprint density at radius 2 is 1.12 bits per heavy atom. The minimum absolute atomic E-state index is 0.122. The normalized spacial score (nSPS) is 11.2. The SMILES string of the molecule is O=C(O)CCCCCCC/C=C/CCCCCCCCCC[N+](=O)[O-]. The Balaban J connectivity index is 3.11. The van der Waals surface area contributed by atoms with Gasteiger partial charge in [-0.15, -0.1) is 0 Å². The third kappa shape index (κ3) is 22.6. The molecule has 0 aromatic rings. The van der Waals surface area contributed by atoms with E-state index in [-0.39, 0.29) is 11.5 Å². The molecule has 0 aliphatic carbocycles. The molecule has 0 rings (SSSR count). The first kappa shape index (κ1) is 23.6. The summed E-state index contributed by atoms with van der Waals surface area (Å²) in [4.78, 5) is 20.3. The number of hydrogen-bond acceptors (Lipinski definition) is 3. The van der Waals surface area contributed by atoms with Gasteiger partial charge in [-0.1, -0.05) is 63.5 Å². The Kier molecular flexibility index (Phi) is 17.9. The van der Waals surface area contributed by atoms with Crippen LogP contribution in [0.3, 0.4) is 0 Å². The molecule has 0 atom stereocenters. The second-order valence-corrected chi connectivity index (χ2v) is 6.85. The highest BCUT2D eigenvalue weighted by Gasteiger charge is 1.97. The maximum absolute atomic E-state index is 10.4. The van der Waals surface area contributed by atoms with Gasteiger partial charge in [-0.3, -0.25) is 14.9 Å². The Morgan fingerprint density at radius 1 is 0.720 bits per heavy atom. The number of hydrogen-bond donors (Lipinski definition) is 1. The zero-order valence-electron chi connectivity index (χ0n) is 15.8. The predicted molar refractivity (Wildman–Crippen MR) is 103 cm³/mol. The van der Waals surface area contributed by atoms with Gasteiger partial charge < -0.3 is 5.11 Å². The maximum atomic E-state index is 10.4. The van der Waals surface area contributed by atoms with Gasteiger partial charge in [0.05, 0.1) is 0 Å². The van der Waals surface area contributed by atoms with Crippen molar-refractivity contribution in [1.82, 2.24) is 0 Å². The summed E-state index contributed by atoms with van der Waals surface area (Å²) in [6.07, 6.45) is 21.7. The molecule has 0 spiro atoms. The fourth-order valence-electron chi connectivity index (χ4n) is 2.87. The van der Waals surface area contributed by atoms with Crippen LogP contribution in [0.4, 0.5) is 0 Å². The fraction of sp³-hybridized carbons (Fsp3) is 0.850. The van der Waals surface area contributed by atoms with Gasteiger partial charge in [0.25, 0.3) is 0 Å². The lowest BCUT2D eigenvalue weighted by Crippen LogP contribution is -1.99. The van der Waals surface area contributed by atoms with Crippen molar-refractivity contribution in [3.05, 3.63) is 22.3 Å². The first-order valence-electron chi connectivity index (χ1n) is 10.1. The van der Waals surface area contributed by atoms with Crippen molar-refractivity contribution in [2.24, 2.45) is 0 Å². The van der Waals surface area contributed by atoms with E-state index in [1.54, 1.807) is 0 Å². The lowest BCUT2D eigenvalue weighted by Gasteiger charge is -2.00. The lowest BCUT2D eigenvalue weighted by molar-refractivity contribution is -0.480. The van der Waals surface area contributed by atoms with Crippen LogP contribution < -0.4 is 0 Å². The fourth-order valence-corrected chi connectivity index (χ4v) is 2.87.